The van der Waals surface area contributed by atoms with E-state index in [1.807, 2.05) is 0 Å². The summed E-state index contributed by atoms with van der Waals surface area (Å²) in [5.74, 6) is -0.0105. The number of halogens is 4. The van der Waals surface area contributed by atoms with Gasteiger partial charge in [0.1, 0.15) is 18.0 Å². The first kappa shape index (κ1) is 28.4. The lowest BCUT2D eigenvalue weighted by atomic mass is 9.83. The van der Waals surface area contributed by atoms with Gasteiger partial charge in [-0.2, -0.15) is 18.2 Å². The van der Waals surface area contributed by atoms with Gasteiger partial charge < -0.3 is 10.6 Å². The van der Waals surface area contributed by atoms with Gasteiger partial charge in [-0.15, -0.1) is 0 Å². The standard InChI is InChI=1S/C29H27F4N9O/c1-16-9-18(10-17(2)38-16)21-4-3-20(12-23(21)30)39-28-37-13-19-11-22(27(43)42(25(19)40-28)15-29(31,32)33)26-36-7-8-41(26)24-14-34-5-6-35-24/h3-8,11-14,16-18,38H,9-10,15H2,1-2H3,(H,37,39,40)/t16-,17+,18?. The van der Waals surface area contributed by atoms with E-state index in [4.69, 9.17) is 0 Å². The molecule has 0 radical (unpaired) electrons. The Balaban J connectivity index is 1.37. The summed E-state index contributed by atoms with van der Waals surface area (Å²) in [6.07, 6.45) is 5.46. The maximum Gasteiger partial charge on any atom is 0.406 e. The molecule has 1 aliphatic rings. The van der Waals surface area contributed by atoms with Crippen LogP contribution < -0.4 is 16.2 Å². The van der Waals surface area contributed by atoms with E-state index in [2.05, 4.69) is 49.4 Å². The minimum Gasteiger partial charge on any atom is -0.324 e. The number of hydrogen-bond acceptors (Lipinski definition) is 8. The molecule has 0 spiro atoms. The Hall–Kier alpha value is -4.72. The van der Waals surface area contributed by atoms with E-state index in [1.165, 1.54) is 53.9 Å². The number of piperidine rings is 1. The lowest BCUT2D eigenvalue weighted by molar-refractivity contribution is -0.140. The van der Waals surface area contributed by atoms with Gasteiger partial charge in [-0.05, 0) is 56.4 Å². The first-order valence-electron chi connectivity index (χ1n) is 13.7. The molecule has 0 amide bonds. The monoisotopic (exact) mass is 593 g/mol. The summed E-state index contributed by atoms with van der Waals surface area (Å²) in [6.45, 7) is 2.55. The fraction of sp³-hybridized carbons (Fsp3) is 0.310. The molecule has 14 heteroatoms. The van der Waals surface area contributed by atoms with Crippen LogP contribution in [-0.4, -0.2) is 52.3 Å². The topological polar surface area (TPSA) is 115 Å². The first-order chi connectivity index (χ1) is 20.6. The van der Waals surface area contributed by atoms with E-state index in [0.29, 0.717) is 21.6 Å². The van der Waals surface area contributed by atoms with Crippen LogP contribution in [0.15, 0.2) is 66.2 Å². The Morgan fingerprint density at radius 3 is 2.51 bits per heavy atom. The van der Waals surface area contributed by atoms with Crippen molar-refractivity contribution in [3.8, 4) is 17.2 Å². The number of benzene rings is 1. The molecule has 6 rings (SSSR count). The predicted molar refractivity (Wildman–Crippen MR) is 152 cm³/mol. The van der Waals surface area contributed by atoms with Crippen LogP contribution in [0.4, 0.5) is 29.2 Å². The number of anilines is 2. The second-order valence-electron chi connectivity index (χ2n) is 10.7. The number of hydrogen-bond donors (Lipinski definition) is 2. The number of rotatable bonds is 6. The van der Waals surface area contributed by atoms with E-state index in [-0.39, 0.29) is 46.4 Å². The van der Waals surface area contributed by atoms with Crippen LogP contribution in [0.3, 0.4) is 0 Å². The quantitative estimate of drug-likeness (QED) is 0.261. The molecular weight excluding hydrogens is 566 g/mol. The fourth-order valence-corrected chi connectivity index (χ4v) is 5.70. The molecule has 0 saturated carbocycles. The van der Waals surface area contributed by atoms with E-state index in [0.717, 1.165) is 12.8 Å². The molecular formula is C29H27F4N9O. The molecule has 1 aliphatic heterocycles. The highest BCUT2D eigenvalue weighted by Crippen LogP contribution is 2.33. The smallest absolute Gasteiger partial charge is 0.324 e. The number of nitrogens with one attached hydrogen (secondary N) is 2. The number of alkyl halides is 3. The number of fused-ring (bicyclic) bond motifs is 1. The zero-order valence-corrected chi connectivity index (χ0v) is 23.2. The number of aromatic nitrogens is 7. The molecule has 1 saturated heterocycles. The van der Waals surface area contributed by atoms with Crippen LogP contribution in [-0.2, 0) is 6.54 Å². The van der Waals surface area contributed by atoms with E-state index in [9.17, 15) is 18.0 Å². The van der Waals surface area contributed by atoms with E-state index in [1.54, 1.807) is 12.1 Å². The third kappa shape index (κ3) is 5.95. The van der Waals surface area contributed by atoms with E-state index >= 15 is 4.39 Å². The molecule has 43 heavy (non-hydrogen) atoms. The molecule has 4 aromatic heterocycles. The molecule has 1 fully saturated rings. The lowest BCUT2D eigenvalue weighted by Gasteiger charge is -2.33. The van der Waals surface area contributed by atoms with Gasteiger partial charge in [0.2, 0.25) is 5.95 Å². The molecule has 0 aliphatic carbocycles. The van der Waals surface area contributed by atoms with Crippen molar-refractivity contribution in [2.75, 3.05) is 5.32 Å². The second-order valence-corrected chi connectivity index (χ2v) is 10.7. The highest BCUT2D eigenvalue weighted by Gasteiger charge is 2.31. The Morgan fingerprint density at radius 1 is 1.02 bits per heavy atom. The molecule has 2 N–H and O–H groups in total. The van der Waals surface area contributed by atoms with Crippen molar-refractivity contribution in [2.24, 2.45) is 0 Å². The summed E-state index contributed by atoms with van der Waals surface area (Å²) in [7, 11) is 0. The van der Waals surface area contributed by atoms with Crippen molar-refractivity contribution >= 4 is 22.7 Å². The van der Waals surface area contributed by atoms with Crippen molar-refractivity contribution in [1.29, 1.82) is 0 Å². The maximum atomic E-state index is 15.2. The zero-order chi connectivity index (χ0) is 30.3. The average Bonchev–Trinajstić information content (AvgIpc) is 3.44. The highest BCUT2D eigenvalue weighted by molar-refractivity contribution is 5.81. The molecule has 3 atom stereocenters. The van der Waals surface area contributed by atoms with Crippen LogP contribution in [0.25, 0.3) is 28.2 Å². The van der Waals surface area contributed by atoms with Crippen LogP contribution in [0.1, 0.15) is 38.2 Å². The summed E-state index contributed by atoms with van der Waals surface area (Å²) in [5, 5.41) is 6.48. The molecule has 222 valence electrons. The average molecular weight is 594 g/mol. The summed E-state index contributed by atoms with van der Waals surface area (Å²) in [4.78, 5) is 34.4. The summed E-state index contributed by atoms with van der Waals surface area (Å²) < 4.78 is 58.3. The Kier molecular flexibility index (Phi) is 7.38. The summed E-state index contributed by atoms with van der Waals surface area (Å²) >= 11 is 0. The van der Waals surface area contributed by atoms with Gasteiger partial charge in [0.05, 0.1) is 11.8 Å². The molecule has 5 heterocycles. The Bertz CT molecular complexity index is 1830. The number of pyridine rings is 1. The van der Waals surface area contributed by atoms with Crippen molar-refractivity contribution in [1.82, 2.24) is 39.4 Å². The van der Waals surface area contributed by atoms with Gasteiger partial charge in [-0.1, -0.05) is 6.07 Å². The maximum absolute atomic E-state index is 15.2. The number of imidazole rings is 1. The van der Waals surface area contributed by atoms with E-state index < -0.39 is 24.1 Å². The largest absolute Gasteiger partial charge is 0.406 e. The van der Waals surface area contributed by atoms with Gasteiger partial charge in [0.15, 0.2) is 11.6 Å². The zero-order valence-electron chi connectivity index (χ0n) is 23.2. The fourth-order valence-electron chi connectivity index (χ4n) is 5.70. The number of nitrogens with zero attached hydrogens (tertiary/aromatic N) is 7. The van der Waals surface area contributed by atoms with Crippen LogP contribution >= 0.6 is 0 Å². The van der Waals surface area contributed by atoms with Gasteiger partial charge in [0.25, 0.3) is 5.56 Å². The van der Waals surface area contributed by atoms with Crippen LogP contribution in [0.2, 0.25) is 0 Å². The lowest BCUT2D eigenvalue weighted by Crippen LogP contribution is -2.41. The molecule has 1 unspecified atom stereocenters. The Labute approximate surface area is 242 Å². The Morgan fingerprint density at radius 2 is 1.81 bits per heavy atom. The molecule has 0 bridgehead atoms. The van der Waals surface area contributed by atoms with Gasteiger partial charge >= 0.3 is 6.18 Å². The predicted octanol–water partition coefficient (Wildman–Crippen LogP) is 5.12. The van der Waals surface area contributed by atoms with Crippen molar-refractivity contribution in [2.45, 2.75) is 57.4 Å². The van der Waals surface area contributed by atoms with Crippen molar-refractivity contribution < 1.29 is 17.6 Å². The normalized spacial score (nSPS) is 19.1. The molecule has 10 nitrogen and oxygen atoms in total. The summed E-state index contributed by atoms with van der Waals surface area (Å²) in [5.41, 5.74) is -0.363. The minimum atomic E-state index is -4.73. The third-order valence-corrected chi connectivity index (χ3v) is 7.38. The third-order valence-electron chi connectivity index (χ3n) is 7.38. The summed E-state index contributed by atoms with van der Waals surface area (Å²) in [6, 6.07) is 6.62. The van der Waals surface area contributed by atoms with Crippen LogP contribution in [0, 0.1) is 5.82 Å². The minimum absolute atomic E-state index is 0.0627. The molecule has 1 aromatic carbocycles. The first-order valence-corrected chi connectivity index (χ1v) is 13.7. The second kappa shape index (κ2) is 11.2. The SMILES string of the molecule is C[C@@H]1CC(c2ccc(Nc3ncc4cc(-c5nccn5-c5cnccn5)c(=O)n(CC(F)(F)F)c4n3)cc2F)C[C@H](C)N1. The highest BCUT2D eigenvalue weighted by atomic mass is 19.4. The van der Waals surface area contributed by atoms with Crippen molar-refractivity contribution in [3.05, 3.63) is 83.2 Å². The van der Waals surface area contributed by atoms with Gasteiger partial charge in [0, 0.05) is 54.1 Å². The van der Waals surface area contributed by atoms with Crippen LogP contribution in [0.5, 0.6) is 0 Å². The van der Waals surface area contributed by atoms with Crippen molar-refractivity contribution in [3.63, 3.8) is 0 Å². The molecule has 5 aromatic rings. The van der Waals surface area contributed by atoms with Gasteiger partial charge in [-0.3, -0.25) is 18.9 Å². The van der Waals surface area contributed by atoms with Gasteiger partial charge in [-0.25, -0.2) is 19.3 Å².